The molecule has 4 N–H and O–H groups in total. The van der Waals surface area contributed by atoms with E-state index in [2.05, 4.69) is 10.4 Å². The first-order chi connectivity index (χ1) is 14.8. The van der Waals surface area contributed by atoms with Gasteiger partial charge in [0.2, 0.25) is 0 Å². The van der Waals surface area contributed by atoms with Gasteiger partial charge < -0.3 is 10.4 Å². The maximum absolute atomic E-state index is 12.7. The van der Waals surface area contributed by atoms with E-state index < -0.39 is 24.0 Å². The van der Waals surface area contributed by atoms with Crippen LogP contribution in [0.25, 0.3) is 0 Å². The summed E-state index contributed by atoms with van der Waals surface area (Å²) in [5.74, 6) is -1.78. The van der Waals surface area contributed by atoms with Crippen LogP contribution in [-0.2, 0) is 16.0 Å². The number of anilines is 1. The van der Waals surface area contributed by atoms with Crippen LogP contribution in [0.15, 0.2) is 53.6 Å². The van der Waals surface area contributed by atoms with E-state index in [0.717, 1.165) is 0 Å². The number of benzene rings is 2. The van der Waals surface area contributed by atoms with E-state index in [4.69, 9.17) is 16.8 Å². The average molecular weight is 445 g/mol. The van der Waals surface area contributed by atoms with Crippen molar-refractivity contribution >= 4 is 40.7 Å². The fourth-order valence-electron chi connectivity index (χ4n) is 3.15. The first kappa shape index (κ1) is 22.4. The van der Waals surface area contributed by atoms with E-state index in [1.807, 2.05) is 0 Å². The Labute approximate surface area is 183 Å². The van der Waals surface area contributed by atoms with E-state index in [1.165, 1.54) is 22.6 Å². The minimum Gasteiger partial charge on any atom is -0.381 e. The van der Waals surface area contributed by atoms with E-state index in [0.29, 0.717) is 22.0 Å². The monoisotopic (exact) mass is 444 g/mol. The van der Waals surface area contributed by atoms with E-state index in [-0.39, 0.29) is 24.3 Å². The molecule has 0 unspecified atom stereocenters. The molecule has 1 aliphatic heterocycles. The molecule has 0 saturated carbocycles. The fourth-order valence-corrected chi connectivity index (χ4v) is 3.37. The Hall–Kier alpha value is -3.27. The highest BCUT2D eigenvalue weighted by Gasteiger charge is 2.29. The summed E-state index contributed by atoms with van der Waals surface area (Å²) >= 11 is 6.15. The number of aliphatic hydroxyl groups excluding tert-OH is 1. The van der Waals surface area contributed by atoms with E-state index in [9.17, 15) is 19.5 Å². The van der Waals surface area contributed by atoms with Gasteiger partial charge >= 0.3 is 0 Å². The van der Waals surface area contributed by atoms with Gasteiger partial charge in [0.1, 0.15) is 0 Å². The zero-order chi connectivity index (χ0) is 22.5. The largest absolute Gasteiger partial charge is 0.381 e. The smallest absolute Gasteiger partial charge is 0.274 e. The van der Waals surface area contributed by atoms with Gasteiger partial charge in [-0.1, -0.05) is 29.8 Å². The number of amides is 3. The summed E-state index contributed by atoms with van der Waals surface area (Å²) in [6.45, 7) is 1.76. The fraction of sp³-hybridized carbons (Fsp3) is 0.238. The van der Waals surface area contributed by atoms with Crippen molar-refractivity contribution in [1.29, 1.82) is 0 Å². The van der Waals surface area contributed by atoms with Crippen LogP contribution in [0, 0.1) is 0 Å². The number of rotatable bonds is 7. The number of nitrogens with one attached hydrogen (secondary N) is 2. The van der Waals surface area contributed by atoms with Gasteiger partial charge in [-0.2, -0.15) is 5.10 Å². The molecule has 2 atom stereocenters. The standard InChI is InChI=1S/C21H21ClN4O5/c1-12-10-18(27)26(24-12)15-8-6-13(7-9-15)20(29)23-17(19(28)21(30)25-31)11-14-4-2-3-5-16(14)22/h2-9,17,19,28,31H,10-11H2,1H3,(H,23,29)(H,25,30)/t17-,19-/m1/s1. The molecule has 2 aromatic carbocycles. The molecule has 9 nitrogen and oxygen atoms in total. The zero-order valence-electron chi connectivity index (χ0n) is 16.6. The van der Waals surface area contributed by atoms with Crippen molar-refractivity contribution in [1.82, 2.24) is 10.8 Å². The molecule has 0 spiro atoms. The van der Waals surface area contributed by atoms with Crippen molar-refractivity contribution in [3.8, 4) is 0 Å². The molecule has 0 fully saturated rings. The first-order valence-electron chi connectivity index (χ1n) is 9.43. The molecule has 0 aliphatic carbocycles. The van der Waals surface area contributed by atoms with Crippen LogP contribution >= 0.6 is 11.6 Å². The Balaban J connectivity index is 1.77. The summed E-state index contributed by atoms with van der Waals surface area (Å²) in [5, 5.41) is 27.6. The van der Waals surface area contributed by atoms with Gasteiger partial charge in [-0.05, 0) is 49.2 Å². The summed E-state index contributed by atoms with van der Waals surface area (Å²) in [6, 6.07) is 11.9. The zero-order valence-corrected chi connectivity index (χ0v) is 17.3. The molecular weight excluding hydrogens is 424 g/mol. The Kier molecular flexibility index (Phi) is 7.01. The van der Waals surface area contributed by atoms with Crippen LogP contribution in [0.5, 0.6) is 0 Å². The summed E-state index contributed by atoms with van der Waals surface area (Å²) < 4.78 is 0. The third kappa shape index (κ3) is 5.26. The van der Waals surface area contributed by atoms with Crippen molar-refractivity contribution in [2.24, 2.45) is 5.10 Å². The number of hydrazone groups is 1. The predicted molar refractivity (Wildman–Crippen MR) is 114 cm³/mol. The molecular formula is C21H21ClN4O5. The molecule has 3 amide bonds. The van der Waals surface area contributed by atoms with Gasteiger partial charge in [-0.15, -0.1) is 0 Å². The van der Waals surface area contributed by atoms with E-state index >= 15 is 0 Å². The van der Waals surface area contributed by atoms with Crippen molar-refractivity contribution in [2.45, 2.75) is 31.9 Å². The van der Waals surface area contributed by atoms with Gasteiger partial charge in [0, 0.05) is 16.3 Å². The van der Waals surface area contributed by atoms with Crippen LogP contribution in [0.1, 0.15) is 29.3 Å². The lowest BCUT2D eigenvalue weighted by Crippen LogP contribution is -2.51. The number of hydrogen-bond acceptors (Lipinski definition) is 6. The summed E-state index contributed by atoms with van der Waals surface area (Å²) in [7, 11) is 0. The SMILES string of the molecule is CC1=NN(c2ccc(C(=O)N[C@H](Cc3ccccc3Cl)[C@@H](O)C(=O)NO)cc2)C(=O)C1. The Morgan fingerprint density at radius 3 is 2.45 bits per heavy atom. The van der Waals surface area contributed by atoms with Gasteiger partial charge in [-0.3, -0.25) is 19.6 Å². The lowest BCUT2D eigenvalue weighted by Gasteiger charge is -2.23. The van der Waals surface area contributed by atoms with Crippen molar-refractivity contribution in [3.63, 3.8) is 0 Å². The van der Waals surface area contributed by atoms with E-state index in [1.54, 1.807) is 43.3 Å². The van der Waals surface area contributed by atoms with Crippen molar-refractivity contribution < 1.29 is 24.7 Å². The third-order valence-corrected chi connectivity index (χ3v) is 5.13. The third-order valence-electron chi connectivity index (χ3n) is 4.76. The quantitative estimate of drug-likeness (QED) is 0.381. The molecule has 1 heterocycles. The van der Waals surface area contributed by atoms with Crippen LogP contribution in [0.2, 0.25) is 5.02 Å². The topological polar surface area (TPSA) is 131 Å². The highest BCUT2D eigenvalue weighted by atomic mass is 35.5. The molecule has 3 rings (SSSR count). The second kappa shape index (κ2) is 9.69. The number of hydroxylamine groups is 1. The average Bonchev–Trinajstić information content (AvgIpc) is 3.11. The lowest BCUT2D eigenvalue weighted by atomic mass is 10.00. The molecule has 1 aliphatic rings. The minimum atomic E-state index is -1.72. The van der Waals surface area contributed by atoms with Crippen molar-refractivity contribution in [2.75, 3.05) is 5.01 Å². The number of aliphatic hydroxyl groups is 1. The Morgan fingerprint density at radius 1 is 1.19 bits per heavy atom. The van der Waals surface area contributed by atoms with Crippen LogP contribution in [-0.4, -0.2) is 45.9 Å². The maximum atomic E-state index is 12.7. The number of carbonyl (C=O) groups excluding carboxylic acids is 3. The molecule has 162 valence electrons. The number of nitrogens with zero attached hydrogens (tertiary/aromatic N) is 2. The van der Waals surface area contributed by atoms with Crippen LogP contribution in [0.3, 0.4) is 0 Å². The summed E-state index contributed by atoms with van der Waals surface area (Å²) in [4.78, 5) is 36.4. The van der Waals surface area contributed by atoms with Gasteiger partial charge in [0.05, 0.1) is 18.2 Å². The van der Waals surface area contributed by atoms with Gasteiger partial charge in [0.15, 0.2) is 6.10 Å². The lowest BCUT2D eigenvalue weighted by molar-refractivity contribution is -0.139. The van der Waals surface area contributed by atoms with Crippen molar-refractivity contribution in [3.05, 3.63) is 64.7 Å². The molecule has 0 radical (unpaired) electrons. The second-order valence-electron chi connectivity index (χ2n) is 7.06. The Bertz CT molecular complexity index is 1020. The second-order valence-corrected chi connectivity index (χ2v) is 7.47. The van der Waals surface area contributed by atoms with Gasteiger partial charge in [0.25, 0.3) is 17.7 Å². The highest BCUT2D eigenvalue weighted by Crippen LogP contribution is 2.22. The van der Waals surface area contributed by atoms with Crippen LogP contribution < -0.4 is 15.8 Å². The minimum absolute atomic E-state index is 0.0500. The normalized spacial score (nSPS) is 15.3. The molecule has 2 aromatic rings. The highest BCUT2D eigenvalue weighted by molar-refractivity contribution is 6.31. The number of hydrogen-bond donors (Lipinski definition) is 4. The molecule has 0 bridgehead atoms. The number of halogens is 1. The molecule has 0 aromatic heterocycles. The summed E-state index contributed by atoms with van der Waals surface area (Å²) in [6.07, 6.45) is -1.42. The molecule has 31 heavy (non-hydrogen) atoms. The molecule has 10 heteroatoms. The predicted octanol–water partition coefficient (Wildman–Crippen LogP) is 1.66. The van der Waals surface area contributed by atoms with Gasteiger partial charge in [-0.25, -0.2) is 10.5 Å². The first-order valence-corrected chi connectivity index (χ1v) is 9.81. The Morgan fingerprint density at radius 2 is 1.87 bits per heavy atom. The van der Waals surface area contributed by atoms with Crippen LogP contribution in [0.4, 0.5) is 5.69 Å². The number of carbonyl (C=O) groups is 3. The molecule has 0 saturated heterocycles. The maximum Gasteiger partial charge on any atom is 0.274 e. The summed E-state index contributed by atoms with van der Waals surface area (Å²) in [5.41, 5.74) is 3.45.